The first-order valence-electron chi connectivity index (χ1n) is 8.52. The number of aromatic nitrogens is 3. The third kappa shape index (κ3) is 4.00. The van der Waals surface area contributed by atoms with Crippen molar-refractivity contribution in [3.05, 3.63) is 65.9 Å². The van der Waals surface area contributed by atoms with Crippen LogP contribution in [-0.4, -0.2) is 31.7 Å². The van der Waals surface area contributed by atoms with Gasteiger partial charge in [-0.1, -0.05) is 35.9 Å². The quantitative estimate of drug-likeness (QED) is 0.472. The fraction of sp³-hybridized carbons (Fsp3) is 0.100. The van der Waals surface area contributed by atoms with E-state index in [1.165, 1.54) is 0 Å². The molecule has 0 radical (unpaired) electrons. The van der Waals surface area contributed by atoms with Crippen molar-refractivity contribution in [3.63, 3.8) is 0 Å². The van der Waals surface area contributed by atoms with Crippen LogP contribution >= 0.6 is 11.6 Å². The SMILES string of the molecule is CS(C)(=O)=Nc1cccc(Nc2ncc(Cl)c(-c3c[nH]c4ccccc34)n2)c1. The van der Waals surface area contributed by atoms with Gasteiger partial charge in [0.05, 0.1) is 22.6 Å². The van der Waals surface area contributed by atoms with E-state index >= 15 is 0 Å². The van der Waals surface area contributed by atoms with Crippen LogP contribution in [0.2, 0.25) is 5.02 Å². The van der Waals surface area contributed by atoms with Gasteiger partial charge in [-0.05, 0) is 24.3 Å². The molecule has 6 nitrogen and oxygen atoms in total. The minimum atomic E-state index is -2.23. The van der Waals surface area contributed by atoms with Crippen molar-refractivity contribution in [2.75, 3.05) is 17.8 Å². The van der Waals surface area contributed by atoms with Gasteiger partial charge in [-0.3, -0.25) is 0 Å². The lowest BCUT2D eigenvalue weighted by atomic mass is 10.1. The van der Waals surface area contributed by atoms with E-state index in [1.807, 2.05) is 42.6 Å². The number of H-pyrrole nitrogens is 1. The van der Waals surface area contributed by atoms with Crippen molar-refractivity contribution >= 4 is 49.6 Å². The molecule has 0 aliphatic heterocycles. The predicted octanol–water partition coefficient (Wildman–Crippen LogP) is 5.38. The van der Waals surface area contributed by atoms with E-state index in [2.05, 4.69) is 24.6 Å². The number of hydrogen-bond acceptors (Lipinski definition) is 5. The van der Waals surface area contributed by atoms with Crippen LogP contribution < -0.4 is 5.32 Å². The maximum atomic E-state index is 11.9. The third-order valence-corrected chi connectivity index (χ3v) is 4.94. The standard InChI is InChI=1S/C20H18ClN5OS/c1-28(2,27)26-14-7-5-6-13(10-14)24-20-23-12-17(21)19(25-20)16-11-22-18-9-4-3-8-15(16)18/h3-12,22H,1-2H3,(H,23,24,25). The number of nitrogens with zero attached hydrogens (tertiary/aromatic N) is 3. The Hall–Kier alpha value is -2.90. The second kappa shape index (κ2) is 7.26. The summed E-state index contributed by atoms with van der Waals surface area (Å²) < 4.78 is 16.1. The van der Waals surface area contributed by atoms with Crippen molar-refractivity contribution in [2.24, 2.45) is 4.36 Å². The number of nitrogens with one attached hydrogen (secondary N) is 2. The Bertz CT molecular complexity index is 1280. The van der Waals surface area contributed by atoms with Gasteiger partial charge in [0.25, 0.3) is 0 Å². The minimum absolute atomic E-state index is 0.413. The molecule has 2 N–H and O–H groups in total. The molecule has 8 heteroatoms. The third-order valence-electron chi connectivity index (χ3n) is 4.02. The summed E-state index contributed by atoms with van der Waals surface area (Å²) in [4.78, 5) is 12.1. The molecule has 28 heavy (non-hydrogen) atoms. The zero-order valence-electron chi connectivity index (χ0n) is 15.3. The van der Waals surface area contributed by atoms with E-state index in [-0.39, 0.29) is 0 Å². The summed E-state index contributed by atoms with van der Waals surface area (Å²) in [5.74, 6) is 0.413. The molecule has 0 amide bonds. The Morgan fingerprint density at radius 3 is 2.79 bits per heavy atom. The Morgan fingerprint density at radius 1 is 1.14 bits per heavy atom. The average molecular weight is 412 g/mol. The van der Waals surface area contributed by atoms with Crippen LogP contribution in [0.1, 0.15) is 0 Å². The lowest BCUT2D eigenvalue weighted by molar-refractivity contribution is 0.684. The number of aromatic amines is 1. The molecule has 0 fully saturated rings. The fourth-order valence-corrected chi connectivity index (χ4v) is 3.72. The topological polar surface area (TPSA) is 83.0 Å². The molecule has 0 bridgehead atoms. The molecule has 4 rings (SSSR count). The van der Waals surface area contributed by atoms with Crippen molar-refractivity contribution < 1.29 is 4.21 Å². The van der Waals surface area contributed by atoms with Gasteiger partial charge >= 0.3 is 0 Å². The van der Waals surface area contributed by atoms with E-state index in [9.17, 15) is 4.21 Å². The first-order valence-corrected chi connectivity index (χ1v) is 11.2. The highest BCUT2D eigenvalue weighted by molar-refractivity contribution is 7.92. The lowest BCUT2D eigenvalue weighted by Crippen LogP contribution is -1.98. The van der Waals surface area contributed by atoms with E-state index < -0.39 is 9.73 Å². The van der Waals surface area contributed by atoms with Crippen molar-refractivity contribution in [1.29, 1.82) is 0 Å². The first-order chi connectivity index (χ1) is 13.4. The number of fused-ring (bicyclic) bond motifs is 1. The zero-order chi connectivity index (χ0) is 19.7. The van der Waals surface area contributed by atoms with Crippen LogP contribution in [0.5, 0.6) is 0 Å². The Kier molecular flexibility index (Phi) is 4.78. The second-order valence-corrected chi connectivity index (χ2v) is 9.54. The number of benzene rings is 2. The van der Waals surface area contributed by atoms with Gasteiger partial charge in [0.15, 0.2) is 0 Å². The van der Waals surface area contributed by atoms with Gasteiger partial charge in [0, 0.05) is 50.6 Å². The number of halogens is 1. The predicted molar refractivity (Wildman–Crippen MR) is 116 cm³/mol. The number of hydrogen-bond donors (Lipinski definition) is 2. The summed E-state index contributed by atoms with van der Waals surface area (Å²) in [5, 5.41) is 4.67. The Morgan fingerprint density at radius 2 is 1.96 bits per heavy atom. The number of rotatable bonds is 4. The maximum absolute atomic E-state index is 11.9. The highest BCUT2D eigenvalue weighted by atomic mass is 35.5. The highest BCUT2D eigenvalue weighted by Crippen LogP contribution is 2.32. The van der Waals surface area contributed by atoms with Crippen LogP contribution in [0, 0.1) is 0 Å². The molecule has 0 saturated carbocycles. The molecule has 4 aromatic rings. The molecule has 0 aliphatic carbocycles. The van der Waals surface area contributed by atoms with Crippen LogP contribution in [0.3, 0.4) is 0 Å². The number of anilines is 2. The molecule has 2 aromatic carbocycles. The number of para-hydroxylation sites is 1. The monoisotopic (exact) mass is 411 g/mol. The molecule has 0 spiro atoms. The van der Waals surface area contributed by atoms with E-state index in [4.69, 9.17) is 11.6 Å². The molecule has 0 aliphatic rings. The van der Waals surface area contributed by atoms with Crippen LogP contribution in [0.15, 0.2) is 65.3 Å². The molecular weight excluding hydrogens is 394 g/mol. The molecule has 2 heterocycles. The summed E-state index contributed by atoms with van der Waals surface area (Å²) in [6.45, 7) is 0. The van der Waals surface area contributed by atoms with Gasteiger partial charge in [-0.2, -0.15) is 4.36 Å². The average Bonchev–Trinajstić information content (AvgIpc) is 3.06. The van der Waals surface area contributed by atoms with Crippen molar-refractivity contribution in [1.82, 2.24) is 15.0 Å². The van der Waals surface area contributed by atoms with E-state index in [0.717, 1.165) is 22.2 Å². The fourth-order valence-electron chi connectivity index (χ4n) is 2.91. The van der Waals surface area contributed by atoms with E-state index in [0.29, 0.717) is 22.4 Å². The van der Waals surface area contributed by atoms with Gasteiger partial charge in [-0.15, -0.1) is 0 Å². The largest absolute Gasteiger partial charge is 0.360 e. The van der Waals surface area contributed by atoms with Gasteiger partial charge in [-0.25, -0.2) is 14.2 Å². The van der Waals surface area contributed by atoms with Crippen LogP contribution in [0.25, 0.3) is 22.2 Å². The minimum Gasteiger partial charge on any atom is -0.360 e. The van der Waals surface area contributed by atoms with Crippen LogP contribution in [-0.2, 0) is 9.73 Å². The molecule has 0 saturated heterocycles. The highest BCUT2D eigenvalue weighted by Gasteiger charge is 2.13. The molecular formula is C20H18ClN5OS. The Balaban J connectivity index is 1.71. The van der Waals surface area contributed by atoms with Gasteiger partial charge in [0.1, 0.15) is 0 Å². The summed E-state index contributed by atoms with van der Waals surface area (Å²) in [6, 6.07) is 15.3. The summed E-state index contributed by atoms with van der Waals surface area (Å²) >= 11 is 6.38. The van der Waals surface area contributed by atoms with Crippen molar-refractivity contribution in [3.8, 4) is 11.3 Å². The summed E-state index contributed by atoms with van der Waals surface area (Å²) in [5.41, 5.74) is 3.94. The molecule has 0 unspecified atom stereocenters. The second-order valence-electron chi connectivity index (χ2n) is 6.59. The lowest BCUT2D eigenvalue weighted by Gasteiger charge is -2.08. The summed E-state index contributed by atoms with van der Waals surface area (Å²) in [6.07, 6.45) is 6.67. The maximum Gasteiger partial charge on any atom is 0.227 e. The molecule has 0 atom stereocenters. The van der Waals surface area contributed by atoms with Crippen molar-refractivity contribution in [2.45, 2.75) is 0 Å². The van der Waals surface area contributed by atoms with E-state index in [1.54, 1.807) is 30.8 Å². The first kappa shape index (κ1) is 18.5. The molecule has 142 valence electrons. The van der Waals surface area contributed by atoms with Gasteiger partial charge in [0.2, 0.25) is 5.95 Å². The summed E-state index contributed by atoms with van der Waals surface area (Å²) in [7, 11) is -2.23. The van der Waals surface area contributed by atoms with Gasteiger partial charge < -0.3 is 10.3 Å². The zero-order valence-corrected chi connectivity index (χ0v) is 16.9. The Labute approximate surface area is 168 Å². The molecule has 2 aromatic heterocycles. The smallest absolute Gasteiger partial charge is 0.227 e. The normalized spacial score (nSPS) is 11.5. The van der Waals surface area contributed by atoms with Crippen LogP contribution in [0.4, 0.5) is 17.3 Å².